The molecular formula is C15H18N4O. The summed E-state index contributed by atoms with van der Waals surface area (Å²) in [6.45, 7) is 2.64. The molecule has 1 unspecified atom stereocenters. The Morgan fingerprint density at radius 3 is 2.85 bits per heavy atom. The van der Waals surface area contributed by atoms with Crippen LogP contribution in [0, 0.1) is 6.92 Å². The first kappa shape index (κ1) is 12.9. The predicted molar refractivity (Wildman–Crippen MR) is 77.3 cm³/mol. The van der Waals surface area contributed by atoms with Crippen molar-refractivity contribution in [1.29, 1.82) is 0 Å². The summed E-state index contributed by atoms with van der Waals surface area (Å²) in [5.41, 5.74) is 3.41. The van der Waals surface area contributed by atoms with Crippen molar-refractivity contribution in [2.75, 3.05) is 5.32 Å². The van der Waals surface area contributed by atoms with E-state index in [1.54, 1.807) is 4.68 Å². The van der Waals surface area contributed by atoms with Gasteiger partial charge in [0.1, 0.15) is 5.82 Å². The molecule has 5 nitrogen and oxygen atoms in total. The monoisotopic (exact) mass is 270 g/mol. The Balaban J connectivity index is 1.72. The summed E-state index contributed by atoms with van der Waals surface area (Å²) in [7, 11) is 1.83. The molecule has 3 rings (SSSR count). The van der Waals surface area contributed by atoms with Gasteiger partial charge in [0, 0.05) is 19.7 Å². The molecule has 0 fully saturated rings. The summed E-state index contributed by atoms with van der Waals surface area (Å²) in [6, 6.07) is 9.91. The Morgan fingerprint density at radius 1 is 1.40 bits per heavy atom. The highest BCUT2D eigenvalue weighted by atomic mass is 16.2. The topological polar surface area (TPSA) is 59.0 Å². The smallest absolute Gasteiger partial charge is 0.243 e. The third-order valence-electron chi connectivity index (χ3n) is 3.65. The average Bonchev–Trinajstić information content (AvgIpc) is 2.76. The van der Waals surface area contributed by atoms with Crippen LogP contribution in [0.3, 0.4) is 0 Å². The maximum Gasteiger partial charge on any atom is 0.243 e. The van der Waals surface area contributed by atoms with Crippen molar-refractivity contribution in [3.05, 3.63) is 47.2 Å². The molecule has 2 aromatic rings. The molecule has 0 saturated carbocycles. The van der Waals surface area contributed by atoms with Crippen LogP contribution in [0.15, 0.2) is 30.3 Å². The maximum atomic E-state index is 12.3. The van der Waals surface area contributed by atoms with Crippen LogP contribution in [0.2, 0.25) is 0 Å². The number of carbonyl (C=O) groups excluding carboxylic acids is 1. The zero-order chi connectivity index (χ0) is 14.1. The van der Waals surface area contributed by atoms with Crippen LogP contribution in [0.4, 0.5) is 5.82 Å². The van der Waals surface area contributed by atoms with E-state index in [1.807, 2.05) is 32.2 Å². The van der Waals surface area contributed by atoms with E-state index < -0.39 is 0 Å². The molecular weight excluding hydrogens is 252 g/mol. The quantitative estimate of drug-likeness (QED) is 0.867. The number of amides is 1. The maximum absolute atomic E-state index is 12.3. The third-order valence-corrected chi connectivity index (χ3v) is 3.65. The fraction of sp³-hybridized carbons (Fsp3) is 0.333. The lowest BCUT2D eigenvalue weighted by Crippen LogP contribution is -2.44. The Morgan fingerprint density at radius 2 is 2.15 bits per heavy atom. The van der Waals surface area contributed by atoms with Crippen molar-refractivity contribution in [1.82, 2.24) is 15.1 Å². The first-order valence-electron chi connectivity index (χ1n) is 6.75. The van der Waals surface area contributed by atoms with Crippen molar-refractivity contribution in [2.24, 2.45) is 7.05 Å². The summed E-state index contributed by atoms with van der Waals surface area (Å²) in [4.78, 5) is 12.3. The van der Waals surface area contributed by atoms with Crippen LogP contribution >= 0.6 is 0 Å². The molecule has 1 aliphatic rings. The molecule has 0 saturated heterocycles. The number of nitrogens with zero attached hydrogens (tertiary/aromatic N) is 2. The molecule has 0 radical (unpaired) electrons. The van der Waals surface area contributed by atoms with Gasteiger partial charge in [-0.2, -0.15) is 5.10 Å². The van der Waals surface area contributed by atoms with E-state index in [1.165, 1.54) is 11.1 Å². The standard InChI is InChI=1S/C15H18N4O/c1-10-7-14(19(2)18-10)17-15(20)13-8-11-5-3-4-6-12(11)9-16-13/h3-7,13,16H,8-9H2,1-2H3,(H,17,20). The summed E-state index contributed by atoms with van der Waals surface area (Å²) < 4.78 is 1.68. The molecule has 1 aliphatic heterocycles. The minimum Gasteiger partial charge on any atom is -0.310 e. The average molecular weight is 270 g/mol. The number of benzene rings is 1. The van der Waals surface area contributed by atoms with Crippen molar-refractivity contribution >= 4 is 11.7 Å². The second-order valence-corrected chi connectivity index (χ2v) is 5.19. The molecule has 0 aliphatic carbocycles. The summed E-state index contributed by atoms with van der Waals surface area (Å²) >= 11 is 0. The number of anilines is 1. The molecule has 1 atom stereocenters. The summed E-state index contributed by atoms with van der Waals surface area (Å²) in [5, 5.41) is 10.4. The Bertz CT molecular complexity index is 647. The SMILES string of the molecule is Cc1cc(NC(=O)C2Cc3ccccc3CN2)n(C)n1. The van der Waals surface area contributed by atoms with Crippen molar-refractivity contribution in [3.63, 3.8) is 0 Å². The van der Waals surface area contributed by atoms with E-state index in [9.17, 15) is 4.79 Å². The van der Waals surface area contributed by atoms with E-state index in [0.717, 1.165) is 24.5 Å². The first-order valence-corrected chi connectivity index (χ1v) is 6.75. The number of aromatic nitrogens is 2. The Labute approximate surface area is 118 Å². The summed E-state index contributed by atoms with van der Waals surface area (Å²) in [6.07, 6.45) is 0.721. The lowest BCUT2D eigenvalue weighted by Gasteiger charge is -2.25. The van der Waals surface area contributed by atoms with Crippen LogP contribution in [-0.2, 0) is 24.8 Å². The molecule has 0 spiro atoms. The molecule has 1 amide bonds. The van der Waals surface area contributed by atoms with Gasteiger partial charge in [0.2, 0.25) is 5.91 Å². The lowest BCUT2D eigenvalue weighted by atomic mass is 9.95. The Hall–Kier alpha value is -2.14. The minimum atomic E-state index is -0.194. The van der Waals surface area contributed by atoms with Crippen molar-refractivity contribution < 1.29 is 4.79 Å². The second kappa shape index (κ2) is 5.09. The largest absolute Gasteiger partial charge is 0.310 e. The van der Waals surface area contributed by atoms with Crippen LogP contribution in [0.25, 0.3) is 0 Å². The minimum absolute atomic E-state index is 0.0116. The Kier molecular flexibility index (Phi) is 3.28. The summed E-state index contributed by atoms with van der Waals surface area (Å²) in [5.74, 6) is 0.718. The van der Waals surface area contributed by atoms with E-state index in [4.69, 9.17) is 0 Å². The fourth-order valence-electron chi connectivity index (χ4n) is 2.58. The third kappa shape index (κ3) is 2.44. The van der Waals surface area contributed by atoms with Gasteiger partial charge in [-0.25, -0.2) is 0 Å². The molecule has 0 bridgehead atoms. The predicted octanol–water partition coefficient (Wildman–Crippen LogP) is 1.38. The molecule has 104 valence electrons. The van der Waals surface area contributed by atoms with Crippen LogP contribution in [0.1, 0.15) is 16.8 Å². The first-order chi connectivity index (χ1) is 9.63. The van der Waals surface area contributed by atoms with Gasteiger partial charge in [-0.1, -0.05) is 24.3 Å². The highest BCUT2D eigenvalue weighted by molar-refractivity contribution is 5.94. The zero-order valence-corrected chi connectivity index (χ0v) is 11.7. The van der Waals surface area contributed by atoms with E-state index in [-0.39, 0.29) is 11.9 Å². The fourth-order valence-corrected chi connectivity index (χ4v) is 2.58. The van der Waals surface area contributed by atoms with Gasteiger partial charge in [-0.15, -0.1) is 0 Å². The van der Waals surface area contributed by atoms with Gasteiger partial charge < -0.3 is 10.6 Å². The normalized spacial score (nSPS) is 17.6. The highest BCUT2D eigenvalue weighted by Gasteiger charge is 2.24. The molecule has 5 heteroatoms. The number of hydrogen-bond donors (Lipinski definition) is 2. The van der Waals surface area contributed by atoms with E-state index in [2.05, 4.69) is 27.9 Å². The molecule has 1 aromatic heterocycles. The van der Waals surface area contributed by atoms with Gasteiger partial charge in [0.15, 0.2) is 0 Å². The van der Waals surface area contributed by atoms with Crippen LogP contribution in [-0.4, -0.2) is 21.7 Å². The van der Waals surface area contributed by atoms with Gasteiger partial charge in [0.05, 0.1) is 11.7 Å². The van der Waals surface area contributed by atoms with Crippen molar-refractivity contribution in [3.8, 4) is 0 Å². The number of carbonyl (C=O) groups is 1. The number of rotatable bonds is 2. The molecule has 1 aromatic carbocycles. The molecule has 2 heterocycles. The number of hydrogen-bond acceptors (Lipinski definition) is 3. The van der Waals surface area contributed by atoms with Gasteiger partial charge >= 0.3 is 0 Å². The van der Waals surface area contributed by atoms with Crippen LogP contribution in [0.5, 0.6) is 0 Å². The highest BCUT2D eigenvalue weighted by Crippen LogP contribution is 2.17. The van der Waals surface area contributed by atoms with Crippen molar-refractivity contribution in [2.45, 2.75) is 25.9 Å². The van der Waals surface area contributed by atoms with Gasteiger partial charge in [-0.05, 0) is 24.5 Å². The molecule has 2 N–H and O–H groups in total. The lowest BCUT2D eigenvalue weighted by molar-refractivity contribution is -0.118. The van der Waals surface area contributed by atoms with Crippen LogP contribution < -0.4 is 10.6 Å². The molecule has 20 heavy (non-hydrogen) atoms. The zero-order valence-electron chi connectivity index (χ0n) is 11.7. The van der Waals surface area contributed by atoms with Gasteiger partial charge in [0.25, 0.3) is 0 Å². The van der Waals surface area contributed by atoms with E-state index in [0.29, 0.717) is 0 Å². The van der Waals surface area contributed by atoms with E-state index >= 15 is 0 Å². The second-order valence-electron chi connectivity index (χ2n) is 5.19. The number of aryl methyl sites for hydroxylation is 2. The number of nitrogens with one attached hydrogen (secondary N) is 2. The van der Waals surface area contributed by atoms with Gasteiger partial charge in [-0.3, -0.25) is 9.48 Å². The number of fused-ring (bicyclic) bond motifs is 1.